The molecule has 0 unspecified atom stereocenters. The summed E-state index contributed by atoms with van der Waals surface area (Å²) in [5.41, 5.74) is 5.61. The minimum atomic E-state index is -5.26. The number of nitrogens with one attached hydrogen (secondary N) is 5. The number of hydrogen-bond donors (Lipinski definition) is 12. The van der Waals surface area contributed by atoms with Crippen LogP contribution in [0.5, 0.6) is 5.75 Å². The molecule has 8 amide bonds. The Kier molecular flexibility index (Phi) is 17.7. The lowest BCUT2D eigenvalue weighted by Gasteiger charge is -2.31. The van der Waals surface area contributed by atoms with Crippen molar-refractivity contribution < 1.29 is 77.7 Å². The van der Waals surface area contributed by atoms with E-state index in [0.29, 0.717) is 12.0 Å². The highest BCUT2D eigenvalue weighted by atomic mass is 31.2. The summed E-state index contributed by atoms with van der Waals surface area (Å²) in [6, 6.07) is -5.29. The maximum atomic E-state index is 13.9. The summed E-state index contributed by atoms with van der Waals surface area (Å²) in [7, 11) is -5.26. The lowest BCUT2D eigenvalue weighted by atomic mass is 10.0. The molecule has 0 bridgehead atoms. The first-order valence-electron chi connectivity index (χ1n) is 18.4. The number of benzene rings is 1. The highest BCUT2D eigenvalue weighted by Crippen LogP contribution is 2.36. The number of phenols is 1. The van der Waals surface area contributed by atoms with Gasteiger partial charge in [0, 0.05) is 26.4 Å². The quantitative estimate of drug-likeness (QED) is 0.0544. The predicted molar refractivity (Wildman–Crippen MR) is 200 cm³/mol. The van der Waals surface area contributed by atoms with Gasteiger partial charge in [-0.3, -0.25) is 42.9 Å². The molecule has 8 atom stereocenters. The molecule has 0 saturated carbocycles. The molecular weight excluding hydrogens is 807 g/mol. The van der Waals surface area contributed by atoms with E-state index < -0.39 is 123 Å². The molecule has 1 aromatic rings. The molecule has 25 heteroatoms. The molecule has 1 aromatic carbocycles. The number of aromatic hydroxyl groups is 1. The third-order valence-corrected chi connectivity index (χ3v) is 10.0. The summed E-state index contributed by atoms with van der Waals surface area (Å²) in [5, 5.41) is 51.0. The van der Waals surface area contributed by atoms with Crippen molar-refractivity contribution in [2.75, 3.05) is 32.9 Å². The zero-order chi connectivity index (χ0) is 44.2. The fourth-order valence-corrected chi connectivity index (χ4v) is 6.82. The summed E-state index contributed by atoms with van der Waals surface area (Å²) < 4.78 is 16.1. The Morgan fingerprint density at radius 2 is 1.29 bits per heavy atom. The van der Waals surface area contributed by atoms with Gasteiger partial charge in [0.05, 0.1) is 25.9 Å². The molecule has 2 heterocycles. The Labute approximate surface area is 337 Å². The molecule has 2 aliphatic rings. The second-order valence-electron chi connectivity index (χ2n) is 14.0. The van der Waals surface area contributed by atoms with E-state index in [9.17, 15) is 73.1 Å². The first-order valence-corrected chi connectivity index (χ1v) is 20.0. The van der Waals surface area contributed by atoms with Crippen LogP contribution in [0.1, 0.15) is 45.1 Å². The summed E-state index contributed by atoms with van der Waals surface area (Å²) >= 11 is 0. The number of phosphoric acid groups is 1. The molecule has 0 radical (unpaired) electrons. The van der Waals surface area contributed by atoms with Gasteiger partial charge in [-0.05, 0) is 50.3 Å². The summed E-state index contributed by atoms with van der Waals surface area (Å²) in [4.78, 5) is 125. The number of likely N-dealkylation sites (tertiary alicyclic amines) is 2. The maximum Gasteiger partial charge on any atom is 0.469 e. The third-order valence-electron chi connectivity index (χ3n) is 9.55. The van der Waals surface area contributed by atoms with Gasteiger partial charge in [-0.2, -0.15) is 0 Å². The average Bonchev–Trinajstić information content (AvgIpc) is 3.87. The summed E-state index contributed by atoms with van der Waals surface area (Å²) in [5.74, 6) is -7.73. The van der Waals surface area contributed by atoms with Crippen molar-refractivity contribution in [3.05, 3.63) is 29.8 Å². The molecule has 2 aliphatic heterocycles. The van der Waals surface area contributed by atoms with E-state index in [2.05, 4.69) is 31.1 Å². The van der Waals surface area contributed by atoms with Crippen molar-refractivity contribution in [3.8, 4) is 5.75 Å². The number of phosphoric ester groups is 1. The average molecular weight is 859 g/mol. The van der Waals surface area contributed by atoms with Crippen LogP contribution in [0.25, 0.3) is 0 Å². The number of hydrogen-bond acceptors (Lipinski definition) is 14. The first kappa shape index (κ1) is 48.1. The number of carbonyl (C=O) groups excluding carboxylic acids is 8. The van der Waals surface area contributed by atoms with E-state index in [4.69, 9.17) is 5.73 Å². The van der Waals surface area contributed by atoms with Gasteiger partial charge in [0.1, 0.15) is 48.0 Å². The van der Waals surface area contributed by atoms with Crippen molar-refractivity contribution in [1.29, 1.82) is 0 Å². The van der Waals surface area contributed by atoms with Gasteiger partial charge in [-0.15, -0.1) is 0 Å². The first-order chi connectivity index (χ1) is 27.7. The fourth-order valence-electron chi connectivity index (χ4n) is 6.47. The monoisotopic (exact) mass is 858 g/mol. The number of aliphatic hydroxyl groups excluding tert-OH is 3. The molecule has 0 spiro atoms. The van der Waals surface area contributed by atoms with Gasteiger partial charge < -0.3 is 72.3 Å². The zero-order valence-corrected chi connectivity index (χ0v) is 33.1. The number of rotatable bonds is 20. The van der Waals surface area contributed by atoms with Crippen molar-refractivity contribution in [1.82, 2.24) is 36.4 Å². The Bertz CT molecular complexity index is 1760. The van der Waals surface area contributed by atoms with E-state index >= 15 is 0 Å². The highest BCUT2D eigenvalue weighted by Gasteiger charge is 2.42. The summed E-state index contributed by atoms with van der Waals surface area (Å²) in [6.07, 6.45) is -0.905. The molecule has 2 fully saturated rings. The van der Waals surface area contributed by atoms with Crippen LogP contribution >= 0.6 is 7.82 Å². The second-order valence-corrected chi connectivity index (χ2v) is 15.2. The van der Waals surface area contributed by atoms with Crippen LogP contribution in [0.3, 0.4) is 0 Å². The number of primary amides is 1. The molecule has 59 heavy (non-hydrogen) atoms. The van der Waals surface area contributed by atoms with Gasteiger partial charge >= 0.3 is 7.82 Å². The van der Waals surface area contributed by atoms with E-state index in [1.807, 2.05) is 0 Å². The van der Waals surface area contributed by atoms with Gasteiger partial charge in [0.25, 0.3) is 0 Å². The molecule has 0 aliphatic carbocycles. The van der Waals surface area contributed by atoms with E-state index in [1.54, 1.807) is 0 Å². The van der Waals surface area contributed by atoms with Crippen LogP contribution in [0.2, 0.25) is 0 Å². The van der Waals surface area contributed by atoms with Crippen molar-refractivity contribution in [3.63, 3.8) is 0 Å². The van der Waals surface area contributed by atoms with Crippen molar-refractivity contribution in [2.24, 2.45) is 5.73 Å². The molecular formula is C34H51N8O16P. The largest absolute Gasteiger partial charge is 0.508 e. The maximum absolute atomic E-state index is 13.9. The number of phenolic OH excluding ortho intramolecular Hbond substituents is 1. The molecule has 24 nitrogen and oxygen atoms in total. The Balaban J connectivity index is 1.78. The molecule has 2 saturated heterocycles. The third kappa shape index (κ3) is 13.9. The number of carbonyl (C=O) groups is 8. The number of aliphatic hydroxyl groups is 3. The van der Waals surface area contributed by atoms with Crippen molar-refractivity contribution in [2.45, 2.75) is 94.3 Å². The van der Waals surface area contributed by atoms with E-state index in [1.165, 1.54) is 36.1 Å². The number of nitrogens with two attached hydrogens (primary N) is 1. The van der Waals surface area contributed by atoms with Gasteiger partial charge in [-0.25, -0.2) is 4.57 Å². The SMILES string of the molecule is CC(=O)N1CCC[C@H]1C(=O)N[C@H](C(=O)N[C@@H](COP(=O)(O)O)C(=O)N1CCC[C@H]1C(=O)N[C@@H](CO)C(=O)N[C@@H](Cc1ccc(O)cc1)C(=O)N[C@@H](CO)C(N)=O)[C@@H](C)O. The zero-order valence-electron chi connectivity index (χ0n) is 32.2. The van der Waals surface area contributed by atoms with Crippen LogP contribution < -0.4 is 32.3 Å². The van der Waals surface area contributed by atoms with Crippen LogP contribution in [0.15, 0.2) is 24.3 Å². The van der Waals surface area contributed by atoms with E-state index in [0.717, 1.165) is 11.8 Å². The smallest absolute Gasteiger partial charge is 0.469 e. The molecule has 3 rings (SSSR count). The van der Waals surface area contributed by atoms with Gasteiger partial charge in [0.2, 0.25) is 47.3 Å². The lowest BCUT2D eigenvalue weighted by molar-refractivity contribution is -0.144. The Hall–Kier alpha value is -5.23. The van der Waals surface area contributed by atoms with Crippen LogP contribution in [-0.4, -0.2) is 169 Å². The fraction of sp³-hybridized carbons (Fsp3) is 0.588. The minimum Gasteiger partial charge on any atom is -0.508 e. The standard InChI is InChI=1S/C34H51N8O16P/c1-17(45)27(40-32(52)25-5-3-11-41(25)18(2)46)33(53)39-24(16-58-59(55,56)57)34(54)42-12-4-6-26(42)31(51)38-23(15-44)30(50)36-21(13-19-7-9-20(47)10-8-19)29(49)37-22(14-43)28(35)48/h7-10,17,21-27,43-45,47H,3-6,11-16H2,1-2H3,(H2,35,48)(H,36,50)(H,37,49)(H,38,51)(H,39,53)(H,40,52)(H2,55,56,57)/t17-,21+,22+,23+,24+,25+,26+,27+/m1/s1. The van der Waals surface area contributed by atoms with Crippen molar-refractivity contribution >= 4 is 55.1 Å². The second kappa shape index (κ2) is 21.7. The van der Waals surface area contributed by atoms with Crippen LogP contribution in [-0.2, 0) is 53.9 Å². The Morgan fingerprint density at radius 3 is 1.81 bits per heavy atom. The molecule has 328 valence electrons. The summed E-state index contributed by atoms with van der Waals surface area (Å²) in [6.45, 7) is -0.495. The van der Waals surface area contributed by atoms with E-state index in [-0.39, 0.29) is 44.5 Å². The topological polar surface area (TPSA) is 377 Å². The molecule has 0 aromatic heterocycles. The van der Waals surface area contributed by atoms with Crippen LogP contribution in [0.4, 0.5) is 0 Å². The van der Waals surface area contributed by atoms with Gasteiger partial charge in [-0.1, -0.05) is 12.1 Å². The highest BCUT2D eigenvalue weighted by molar-refractivity contribution is 7.46. The number of amides is 8. The number of nitrogens with zero attached hydrogens (tertiary/aromatic N) is 2. The Morgan fingerprint density at radius 1 is 0.780 bits per heavy atom. The predicted octanol–water partition coefficient (Wildman–Crippen LogP) is -5.68. The lowest BCUT2D eigenvalue weighted by Crippen LogP contribution is -2.62. The van der Waals surface area contributed by atoms with Gasteiger partial charge in [0.15, 0.2) is 0 Å². The normalized spacial score (nSPS) is 19.6. The van der Waals surface area contributed by atoms with Crippen LogP contribution in [0, 0.1) is 0 Å². The molecule has 13 N–H and O–H groups in total. The minimum absolute atomic E-state index is 0.0285.